The largest absolute Gasteiger partial charge is 0.465 e. The van der Waals surface area contributed by atoms with Crippen molar-refractivity contribution < 1.29 is 28.7 Å². The lowest BCUT2D eigenvalue weighted by Crippen LogP contribution is -2.60. The molecule has 1 atom stereocenters. The van der Waals surface area contributed by atoms with E-state index >= 15 is 0 Å². The minimum Gasteiger partial charge on any atom is -0.465 e. The first kappa shape index (κ1) is 27.8. The predicted octanol–water partition coefficient (Wildman–Crippen LogP) is 1.93. The van der Waals surface area contributed by atoms with E-state index < -0.39 is 23.9 Å². The average molecular weight is 526 g/mol. The zero-order valence-corrected chi connectivity index (χ0v) is 21.3. The van der Waals surface area contributed by atoms with Crippen LogP contribution < -0.4 is 10.6 Å². The van der Waals surface area contributed by atoms with Crippen LogP contribution >= 0.6 is 12.2 Å². The molecule has 0 spiro atoms. The summed E-state index contributed by atoms with van der Waals surface area (Å²) >= 11 is 5.33. The Morgan fingerprint density at radius 1 is 0.892 bits per heavy atom. The number of amides is 2. The molecule has 2 aromatic rings. The number of benzene rings is 2. The van der Waals surface area contributed by atoms with E-state index in [9.17, 15) is 19.2 Å². The molecule has 0 saturated carbocycles. The molecule has 1 saturated heterocycles. The SMILES string of the molecule is O=C(CCC(=O)OCCc1ccccc1)NC(=S)N1CCNC(=O)C1CC(=O)OCCc1ccccc1. The molecule has 3 rings (SSSR count). The maximum absolute atomic E-state index is 12.4. The second-order valence-electron chi connectivity index (χ2n) is 8.47. The first-order valence-corrected chi connectivity index (χ1v) is 12.6. The number of thiocarbonyl (C=S) groups is 1. The molecule has 1 fully saturated rings. The molecule has 10 heteroatoms. The molecule has 196 valence electrons. The van der Waals surface area contributed by atoms with Gasteiger partial charge in [-0.2, -0.15) is 0 Å². The van der Waals surface area contributed by atoms with Crippen molar-refractivity contribution >= 4 is 41.1 Å². The Labute approximate surface area is 221 Å². The van der Waals surface area contributed by atoms with Gasteiger partial charge in [0.2, 0.25) is 11.8 Å². The van der Waals surface area contributed by atoms with E-state index in [2.05, 4.69) is 10.6 Å². The predicted molar refractivity (Wildman–Crippen MR) is 140 cm³/mol. The quantitative estimate of drug-likeness (QED) is 0.338. The molecule has 0 aliphatic carbocycles. The molecular weight excluding hydrogens is 494 g/mol. The van der Waals surface area contributed by atoms with Gasteiger partial charge in [0.15, 0.2) is 5.11 Å². The Kier molecular flexibility index (Phi) is 11.0. The average Bonchev–Trinajstić information content (AvgIpc) is 2.90. The number of nitrogens with one attached hydrogen (secondary N) is 2. The number of nitrogens with zero attached hydrogens (tertiary/aromatic N) is 1. The zero-order valence-electron chi connectivity index (χ0n) is 20.5. The lowest BCUT2D eigenvalue weighted by atomic mass is 10.1. The van der Waals surface area contributed by atoms with Gasteiger partial charge in [-0.1, -0.05) is 60.7 Å². The molecule has 1 aliphatic heterocycles. The number of hydrogen-bond acceptors (Lipinski definition) is 7. The molecule has 0 radical (unpaired) electrons. The van der Waals surface area contributed by atoms with Crippen molar-refractivity contribution in [1.82, 2.24) is 15.5 Å². The number of carbonyl (C=O) groups excluding carboxylic acids is 4. The van der Waals surface area contributed by atoms with Gasteiger partial charge in [-0.05, 0) is 23.3 Å². The van der Waals surface area contributed by atoms with Crippen LogP contribution in [0.3, 0.4) is 0 Å². The highest BCUT2D eigenvalue weighted by Crippen LogP contribution is 2.11. The summed E-state index contributed by atoms with van der Waals surface area (Å²) < 4.78 is 10.5. The van der Waals surface area contributed by atoms with Gasteiger partial charge in [0, 0.05) is 32.4 Å². The highest BCUT2D eigenvalue weighted by molar-refractivity contribution is 7.80. The fourth-order valence-corrected chi connectivity index (χ4v) is 4.11. The van der Waals surface area contributed by atoms with Crippen LogP contribution in [0.2, 0.25) is 0 Å². The third kappa shape index (κ3) is 9.64. The first-order chi connectivity index (χ1) is 17.9. The van der Waals surface area contributed by atoms with Gasteiger partial charge in [-0.3, -0.25) is 19.2 Å². The summed E-state index contributed by atoms with van der Waals surface area (Å²) in [5, 5.41) is 5.29. The van der Waals surface area contributed by atoms with Gasteiger partial charge in [0.05, 0.1) is 26.1 Å². The summed E-state index contributed by atoms with van der Waals surface area (Å²) in [6, 6.07) is 18.3. The van der Waals surface area contributed by atoms with Crippen molar-refractivity contribution in [3.63, 3.8) is 0 Å². The standard InChI is InChI=1S/C27H31N3O6S/c31-23(11-12-24(32)35-17-13-20-7-3-1-4-8-20)29-27(37)30-16-15-28-26(34)22(30)19-25(33)36-18-14-21-9-5-2-6-10-21/h1-10,22H,11-19H2,(H,28,34)(H,29,31,37). The molecule has 2 aromatic carbocycles. The fraction of sp³-hybridized carbons (Fsp3) is 0.370. The summed E-state index contributed by atoms with van der Waals surface area (Å²) in [6.07, 6.45) is 0.744. The van der Waals surface area contributed by atoms with Crippen LogP contribution in [-0.2, 0) is 41.5 Å². The monoisotopic (exact) mass is 525 g/mol. The van der Waals surface area contributed by atoms with Crippen LogP contribution in [0.25, 0.3) is 0 Å². The first-order valence-electron chi connectivity index (χ1n) is 12.2. The van der Waals surface area contributed by atoms with E-state index in [1.54, 1.807) is 0 Å². The number of rotatable bonds is 11. The summed E-state index contributed by atoms with van der Waals surface area (Å²) in [6.45, 7) is 1.07. The Morgan fingerprint density at radius 3 is 2.05 bits per heavy atom. The number of ether oxygens (including phenoxy) is 2. The maximum Gasteiger partial charge on any atom is 0.308 e. The summed E-state index contributed by atoms with van der Waals surface area (Å²) in [7, 11) is 0. The van der Waals surface area contributed by atoms with Gasteiger partial charge in [0.25, 0.3) is 0 Å². The molecular formula is C27H31N3O6S. The van der Waals surface area contributed by atoms with E-state index in [4.69, 9.17) is 21.7 Å². The van der Waals surface area contributed by atoms with E-state index in [1.165, 1.54) is 4.90 Å². The van der Waals surface area contributed by atoms with Crippen LogP contribution in [0.1, 0.15) is 30.4 Å². The van der Waals surface area contributed by atoms with Crippen molar-refractivity contribution in [2.45, 2.75) is 38.1 Å². The molecule has 1 unspecified atom stereocenters. The second kappa shape index (κ2) is 14.7. The minimum absolute atomic E-state index is 0.0272. The normalized spacial score (nSPS) is 14.9. The second-order valence-corrected chi connectivity index (χ2v) is 8.86. The Bertz CT molecular complexity index is 1080. The van der Waals surface area contributed by atoms with E-state index in [1.807, 2.05) is 60.7 Å². The Balaban J connectivity index is 1.39. The summed E-state index contributed by atoms with van der Waals surface area (Å²) in [5.41, 5.74) is 2.09. The van der Waals surface area contributed by atoms with Crippen molar-refractivity contribution in [3.8, 4) is 0 Å². The van der Waals surface area contributed by atoms with Crippen LogP contribution in [0.5, 0.6) is 0 Å². The molecule has 1 heterocycles. The molecule has 37 heavy (non-hydrogen) atoms. The summed E-state index contributed by atoms with van der Waals surface area (Å²) in [5.74, 6) is -1.86. The van der Waals surface area contributed by atoms with Crippen LogP contribution in [-0.4, -0.2) is 66.1 Å². The third-order valence-corrected chi connectivity index (χ3v) is 6.08. The molecule has 2 N–H and O–H groups in total. The van der Waals surface area contributed by atoms with Crippen LogP contribution in [0.15, 0.2) is 60.7 Å². The van der Waals surface area contributed by atoms with Crippen molar-refractivity contribution in [3.05, 3.63) is 71.8 Å². The number of esters is 2. The van der Waals surface area contributed by atoms with Gasteiger partial charge >= 0.3 is 11.9 Å². The van der Waals surface area contributed by atoms with Crippen molar-refractivity contribution in [1.29, 1.82) is 0 Å². The number of piperazine rings is 1. The van der Waals surface area contributed by atoms with E-state index in [-0.39, 0.29) is 43.5 Å². The van der Waals surface area contributed by atoms with Crippen LogP contribution in [0, 0.1) is 0 Å². The smallest absolute Gasteiger partial charge is 0.308 e. The molecule has 2 amide bonds. The topological polar surface area (TPSA) is 114 Å². The minimum atomic E-state index is -0.895. The van der Waals surface area contributed by atoms with Crippen LogP contribution in [0.4, 0.5) is 0 Å². The summed E-state index contributed by atoms with van der Waals surface area (Å²) in [4.78, 5) is 50.7. The maximum atomic E-state index is 12.4. The van der Waals surface area contributed by atoms with E-state index in [0.717, 1.165) is 11.1 Å². The highest BCUT2D eigenvalue weighted by Gasteiger charge is 2.34. The van der Waals surface area contributed by atoms with Gasteiger partial charge < -0.3 is 25.0 Å². The highest BCUT2D eigenvalue weighted by atomic mass is 32.1. The Hall–Kier alpha value is -3.79. The third-order valence-electron chi connectivity index (χ3n) is 5.75. The lowest BCUT2D eigenvalue weighted by Gasteiger charge is -2.36. The lowest BCUT2D eigenvalue weighted by molar-refractivity contribution is -0.147. The Morgan fingerprint density at radius 2 is 1.46 bits per heavy atom. The van der Waals surface area contributed by atoms with E-state index in [0.29, 0.717) is 25.9 Å². The van der Waals surface area contributed by atoms with Gasteiger partial charge in [-0.25, -0.2) is 0 Å². The fourth-order valence-electron chi connectivity index (χ4n) is 3.77. The number of carbonyl (C=O) groups is 4. The van der Waals surface area contributed by atoms with Gasteiger partial charge in [-0.15, -0.1) is 0 Å². The van der Waals surface area contributed by atoms with Crippen molar-refractivity contribution in [2.75, 3.05) is 26.3 Å². The van der Waals surface area contributed by atoms with Gasteiger partial charge in [0.1, 0.15) is 6.04 Å². The number of hydrogen-bond donors (Lipinski definition) is 2. The molecule has 9 nitrogen and oxygen atoms in total. The zero-order chi connectivity index (χ0) is 26.5. The van der Waals surface area contributed by atoms with Crippen molar-refractivity contribution in [2.24, 2.45) is 0 Å². The molecule has 1 aliphatic rings. The molecule has 0 bridgehead atoms. The molecule has 0 aromatic heterocycles.